The predicted octanol–water partition coefficient (Wildman–Crippen LogP) is 3.13. The first-order valence-corrected chi connectivity index (χ1v) is 6.47. The second-order valence-corrected chi connectivity index (χ2v) is 4.48. The molecule has 0 fully saturated rings. The first kappa shape index (κ1) is 12.4. The number of nitrogens with zero attached hydrogens (tertiary/aromatic N) is 1. The van der Waals surface area contributed by atoms with Crippen molar-refractivity contribution in [3.63, 3.8) is 0 Å². The van der Waals surface area contributed by atoms with Gasteiger partial charge in [-0.3, -0.25) is 0 Å². The standard InChI is InChI=1S/C16H14N2O2/c17-11-14(18-13-4-2-1-3-5-13)12-6-7-15-16(10-12)20-9-8-19-15/h1-7,10,14,18H,8-9H2. The largest absolute Gasteiger partial charge is 0.486 e. The Morgan fingerprint density at radius 1 is 1.00 bits per heavy atom. The topological polar surface area (TPSA) is 54.3 Å². The fourth-order valence-corrected chi connectivity index (χ4v) is 2.13. The van der Waals surface area contributed by atoms with Gasteiger partial charge in [0.05, 0.1) is 6.07 Å². The summed E-state index contributed by atoms with van der Waals surface area (Å²) < 4.78 is 11.0. The van der Waals surface area contributed by atoms with Crippen LogP contribution in [0.2, 0.25) is 0 Å². The molecule has 100 valence electrons. The molecule has 3 rings (SSSR count). The molecule has 0 spiro atoms. The van der Waals surface area contributed by atoms with Gasteiger partial charge >= 0.3 is 0 Å². The molecule has 0 saturated heterocycles. The maximum Gasteiger partial charge on any atom is 0.161 e. The van der Waals surface area contributed by atoms with Crippen molar-refractivity contribution in [3.8, 4) is 17.6 Å². The van der Waals surface area contributed by atoms with Crippen LogP contribution < -0.4 is 14.8 Å². The summed E-state index contributed by atoms with van der Waals surface area (Å²) in [5, 5.41) is 12.6. The van der Waals surface area contributed by atoms with E-state index in [2.05, 4.69) is 11.4 Å². The summed E-state index contributed by atoms with van der Waals surface area (Å²) in [6.45, 7) is 1.11. The van der Waals surface area contributed by atoms with Crippen molar-refractivity contribution >= 4 is 5.69 Å². The summed E-state index contributed by atoms with van der Waals surface area (Å²) in [7, 11) is 0. The average molecular weight is 266 g/mol. The van der Waals surface area contributed by atoms with Crippen LogP contribution in [0.5, 0.6) is 11.5 Å². The van der Waals surface area contributed by atoms with Gasteiger partial charge in [-0.1, -0.05) is 24.3 Å². The van der Waals surface area contributed by atoms with Crippen LogP contribution >= 0.6 is 0 Å². The number of fused-ring (bicyclic) bond motifs is 1. The van der Waals surface area contributed by atoms with Gasteiger partial charge in [-0.2, -0.15) is 5.26 Å². The van der Waals surface area contributed by atoms with Gasteiger partial charge in [-0.25, -0.2) is 0 Å². The number of nitriles is 1. The van der Waals surface area contributed by atoms with Crippen molar-refractivity contribution in [1.29, 1.82) is 5.26 Å². The van der Waals surface area contributed by atoms with Gasteiger partial charge in [0.2, 0.25) is 0 Å². The van der Waals surface area contributed by atoms with E-state index < -0.39 is 6.04 Å². The minimum Gasteiger partial charge on any atom is -0.486 e. The third-order valence-corrected chi connectivity index (χ3v) is 3.11. The van der Waals surface area contributed by atoms with Crippen LogP contribution in [0, 0.1) is 11.3 Å². The first-order chi connectivity index (χ1) is 9.86. The van der Waals surface area contributed by atoms with Crippen LogP contribution in [0.25, 0.3) is 0 Å². The SMILES string of the molecule is N#CC(Nc1ccccc1)c1ccc2c(c1)OCCO2. The van der Waals surface area contributed by atoms with E-state index in [1.165, 1.54) is 0 Å². The normalized spacial score (nSPS) is 14.2. The Balaban J connectivity index is 1.84. The van der Waals surface area contributed by atoms with E-state index in [1.54, 1.807) is 0 Å². The maximum absolute atomic E-state index is 9.36. The quantitative estimate of drug-likeness (QED) is 0.927. The molecule has 0 bridgehead atoms. The predicted molar refractivity (Wildman–Crippen MR) is 75.9 cm³/mol. The van der Waals surface area contributed by atoms with Gasteiger partial charge in [0.1, 0.15) is 19.3 Å². The molecule has 1 N–H and O–H groups in total. The van der Waals surface area contributed by atoms with Crippen molar-refractivity contribution in [2.45, 2.75) is 6.04 Å². The van der Waals surface area contributed by atoms with Crippen molar-refractivity contribution < 1.29 is 9.47 Å². The number of nitrogens with one attached hydrogen (secondary N) is 1. The fraction of sp³-hybridized carbons (Fsp3) is 0.188. The molecular formula is C16H14N2O2. The van der Waals surface area contributed by atoms with Crippen molar-refractivity contribution in [2.75, 3.05) is 18.5 Å². The highest BCUT2D eigenvalue weighted by Gasteiger charge is 2.16. The van der Waals surface area contributed by atoms with Crippen molar-refractivity contribution in [1.82, 2.24) is 0 Å². The van der Waals surface area contributed by atoms with Crippen LogP contribution in [0.15, 0.2) is 48.5 Å². The number of benzene rings is 2. The van der Waals surface area contributed by atoms with E-state index in [4.69, 9.17) is 9.47 Å². The molecule has 1 aliphatic rings. The molecule has 20 heavy (non-hydrogen) atoms. The lowest BCUT2D eigenvalue weighted by atomic mass is 10.1. The Kier molecular flexibility index (Phi) is 3.42. The summed E-state index contributed by atoms with van der Waals surface area (Å²) in [5.74, 6) is 1.43. The summed E-state index contributed by atoms with van der Waals surface area (Å²) in [6.07, 6.45) is 0. The molecule has 0 amide bonds. The maximum atomic E-state index is 9.36. The lowest BCUT2D eigenvalue weighted by Gasteiger charge is -2.20. The molecule has 1 unspecified atom stereocenters. The van der Waals surface area contributed by atoms with Crippen LogP contribution in [0.1, 0.15) is 11.6 Å². The van der Waals surface area contributed by atoms with Gasteiger partial charge in [-0.15, -0.1) is 0 Å². The molecule has 4 nitrogen and oxygen atoms in total. The smallest absolute Gasteiger partial charge is 0.161 e. The van der Waals surface area contributed by atoms with Crippen LogP contribution in [-0.4, -0.2) is 13.2 Å². The molecule has 0 radical (unpaired) electrons. The van der Waals surface area contributed by atoms with Crippen LogP contribution in [-0.2, 0) is 0 Å². The van der Waals surface area contributed by atoms with E-state index >= 15 is 0 Å². The average Bonchev–Trinajstić information content (AvgIpc) is 2.53. The third-order valence-electron chi connectivity index (χ3n) is 3.11. The zero-order valence-corrected chi connectivity index (χ0v) is 10.9. The number of hydrogen-bond acceptors (Lipinski definition) is 4. The molecule has 4 heteroatoms. The number of para-hydroxylation sites is 1. The lowest BCUT2D eigenvalue weighted by molar-refractivity contribution is 0.171. The highest BCUT2D eigenvalue weighted by Crippen LogP contribution is 2.33. The van der Waals surface area contributed by atoms with Gasteiger partial charge < -0.3 is 14.8 Å². The Labute approximate surface area is 117 Å². The monoisotopic (exact) mass is 266 g/mol. The molecule has 0 saturated carbocycles. The zero-order valence-electron chi connectivity index (χ0n) is 10.9. The summed E-state index contributed by atoms with van der Waals surface area (Å²) in [5.41, 5.74) is 1.77. The second kappa shape index (κ2) is 5.54. The highest BCUT2D eigenvalue weighted by molar-refractivity contribution is 5.50. The number of hydrogen-bond donors (Lipinski definition) is 1. The molecule has 0 aromatic heterocycles. The summed E-state index contributed by atoms with van der Waals surface area (Å²) >= 11 is 0. The Morgan fingerprint density at radius 2 is 1.75 bits per heavy atom. The molecule has 1 aliphatic heterocycles. The minimum absolute atomic E-state index is 0.423. The summed E-state index contributed by atoms with van der Waals surface area (Å²) in [4.78, 5) is 0. The van der Waals surface area contributed by atoms with Gasteiger partial charge in [0.15, 0.2) is 11.5 Å². The van der Waals surface area contributed by atoms with E-state index in [0.717, 1.165) is 17.0 Å². The Morgan fingerprint density at radius 3 is 2.50 bits per heavy atom. The third kappa shape index (κ3) is 2.52. The van der Waals surface area contributed by atoms with E-state index in [-0.39, 0.29) is 0 Å². The molecule has 2 aromatic carbocycles. The number of anilines is 1. The minimum atomic E-state index is -0.423. The van der Waals surface area contributed by atoms with Crippen LogP contribution in [0.4, 0.5) is 5.69 Å². The second-order valence-electron chi connectivity index (χ2n) is 4.48. The van der Waals surface area contributed by atoms with Gasteiger partial charge in [-0.05, 0) is 29.8 Å². The van der Waals surface area contributed by atoms with E-state index in [0.29, 0.717) is 19.0 Å². The molecule has 1 atom stereocenters. The summed E-state index contributed by atoms with van der Waals surface area (Å²) in [6, 6.07) is 17.1. The Bertz CT molecular complexity index is 635. The zero-order chi connectivity index (χ0) is 13.8. The van der Waals surface area contributed by atoms with Gasteiger partial charge in [0.25, 0.3) is 0 Å². The van der Waals surface area contributed by atoms with Crippen molar-refractivity contribution in [2.24, 2.45) is 0 Å². The number of rotatable bonds is 3. The molecule has 1 heterocycles. The van der Waals surface area contributed by atoms with Crippen molar-refractivity contribution in [3.05, 3.63) is 54.1 Å². The lowest BCUT2D eigenvalue weighted by Crippen LogP contribution is -2.16. The first-order valence-electron chi connectivity index (χ1n) is 6.47. The number of ether oxygens (including phenoxy) is 2. The fourth-order valence-electron chi connectivity index (χ4n) is 2.13. The Hall–Kier alpha value is -2.67. The molecule has 0 aliphatic carbocycles. The van der Waals surface area contributed by atoms with E-state index in [1.807, 2.05) is 48.5 Å². The molecule has 2 aromatic rings. The van der Waals surface area contributed by atoms with Crippen LogP contribution in [0.3, 0.4) is 0 Å². The van der Waals surface area contributed by atoms with E-state index in [9.17, 15) is 5.26 Å². The van der Waals surface area contributed by atoms with Gasteiger partial charge in [0, 0.05) is 5.69 Å². The molecular weight excluding hydrogens is 252 g/mol. The highest BCUT2D eigenvalue weighted by atomic mass is 16.6.